The van der Waals surface area contributed by atoms with Crippen LogP contribution < -0.4 is 10.1 Å². The summed E-state index contributed by atoms with van der Waals surface area (Å²) >= 11 is 3.36. The van der Waals surface area contributed by atoms with Gasteiger partial charge in [-0.25, -0.2) is 0 Å². The largest absolute Gasteiger partial charge is 0.488 e. The number of rotatable bonds is 7. The smallest absolute Gasteiger partial charge is 0.418 e. The molecule has 3 aromatic rings. The number of carbonyl (C=O) groups is 1. The summed E-state index contributed by atoms with van der Waals surface area (Å²) in [5.74, 6) is -0.595. The summed E-state index contributed by atoms with van der Waals surface area (Å²) in [7, 11) is 0. The van der Waals surface area contributed by atoms with E-state index in [9.17, 15) is 33.3 Å². The fraction of sp³-hybridized carbons (Fsp3) is 0.0833. The molecule has 0 fully saturated rings. The first-order valence-electron chi connectivity index (χ1n) is 9.83. The van der Waals surface area contributed by atoms with Crippen LogP contribution in [0.15, 0.2) is 76.8 Å². The zero-order chi connectivity index (χ0) is 25.6. The van der Waals surface area contributed by atoms with Crippen molar-refractivity contribution in [3.8, 4) is 11.8 Å². The zero-order valence-electron chi connectivity index (χ0n) is 17.7. The molecule has 11 heteroatoms. The van der Waals surface area contributed by atoms with E-state index in [0.29, 0.717) is 28.5 Å². The molecule has 0 aromatic heterocycles. The van der Waals surface area contributed by atoms with E-state index in [-0.39, 0.29) is 0 Å². The van der Waals surface area contributed by atoms with Crippen molar-refractivity contribution in [3.63, 3.8) is 0 Å². The first-order chi connectivity index (χ1) is 16.6. The summed E-state index contributed by atoms with van der Waals surface area (Å²) in [6.45, 7) is 0.317. The molecule has 3 aromatic carbocycles. The SMILES string of the molecule is N#C/C(=C\c1ccc(OCc2ccccc2)c(Br)c1)C(=O)Nc1ccc([N+](=O)[O-])cc1C(F)(F)F. The Hall–Kier alpha value is -4.17. The van der Waals surface area contributed by atoms with Crippen LogP contribution in [0, 0.1) is 21.4 Å². The molecule has 0 saturated heterocycles. The quantitative estimate of drug-likeness (QED) is 0.158. The second-order valence-electron chi connectivity index (χ2n) is 7.07. The van der Waals surface area contributed by atoms with Crippen LogP contribution in [0.2, 0.25) is 0 Å². The molecule has 1 N–H and O–H groups in total. The van der Waals surface area contributed by atoms with Gasteiger partial charge in [0, 0.05) is 12.1 Å². The van der Waals surface area contributed by atoms with Crippen LogP contribution in [0.5, 0.6) is 5.75 Å². The Balaban J connectivity index is 1.80. The molecule has 0 saturated carbocycles. The number of alkyl halides is 3. The standard InChI is InChI=1S/C24H15BrF3N3O4/c25-20-11-16(6-9-22(20)35-14-15-4-2-1-3-5-15)10-17(13-29)23(32)30-21-8-7-18(31(33)34)12-19(21)24(26,27)28/h1-12H,14H2,(H,30,32)/b17-10+. The summed E-state index contributed by atoms with van der Waals surface area (Å²) in [6, 6.07) is 17.8. The van der Waals surface area contributed by atoms with Gasteiger partial charge in [0.1, 0.15) is 24.0 Å². The average molecular weight is 546 g/mol. The number of hydrogen-bond donors (Lipinski definition) is 1. The monoisotopic (exact) mass is 545 g/mol. The molecule has 1 amide bonds. The van der Waals surface area contributed by atoms with E-state index in [4.69, 9.17) is 4.74 Å². The molecular weight excluding hydrogens is 531 g/mol. The number of halogens is 4. The molecule has 0 spiro atoms. The molecule has 0 unspecified atom stereocenters. The fourth-order valence-electron chi connectivity index (χ4n) is 2.95. The minimum Gasteiger partial charge on any atom is -0.488 e. The molecule has 0 aliphatic carbocycles. The number of hydrogen-bond acceptors (Lipinski definition) is 5. The van der Waals surface area contributed by atoms with E-state index in [1.165, 1.54) is 6.08 Å². The van der Waals surface area contributed by atoms with Gasteiger partial charge in [0.15, 0.2) is 0 Å². The highest BCUT2D eigenvalue weighted by Gasteiger charge is 2.35. The van der Waals surface area contributed by atoms with Crippen LogP contribution >= 0.6 is 15.9 Å². The maximum atomic E-state index is 13.4. The van der Waals surface area contributed by atoms with E-state index >= 15 is 0 Å². The van der Waals surface area contributed by atoms with E-state index in [0.717, 1.165) is 17.7 Å². The van der Waals surface area contributed by atoms with E-state index in [1.807, 2.05) is 35.6 Å². The van der Waals surface area contributed by atoms with Gasteiger partial charge in [0.05, 0.1) is 20.6 Å². The second-order valence-corrected chi connectivity index (χ2v) is 7.93. The number of benzene rings is 3. The summed E-state index contributed by atoms with van der Waals surface area (Å²) < 4.78 is 46.3. The Morgan fingerprint density at radius 3 is 2.46 bits per heavy atom. The lowest BCUT2D eigenvalue weighted by molar-refractivity contribution is -0.385. The highest BCUT2D eigenvalue weighted by atomic mass is 79.9. The summed E-state index contributed by atoms with van der Waals surface area (Å²) in [5, 5.41) is 22.2. The molecule has 0 bridgehead atoms. The molecule has 0 aliphatic heterocycles. The van der Waals surface area contributed by atoms with Gasteiger partial charge >= 0.3 is 6.18 Å². The number of nitriles is 1. The molecule has 35 heavy (non-hydrogen) atoms. The molecule has 0 atom stereocenters. The number of amides is 1. The Kier molecular flexibility index (Phi) is 7.88. The van der Waals surface area contributed by atoms with Crippen LogP contribution in [0.3, 0.4) is 0 Å². The lowest BCUT2D eigenvalue weighted by Crippen LogP contribution is -2.18. The summed E-state index contributed by atoms with van der Waals surface area (Å²) in [5.41, 5.74) is -2.00. The van der Waals surface area contributed by atoms with Gasteiger partial charge in [-0.05, 0) is 51.3 Å². The number of carbonyl (C=O) groups excluding carboxylic acids is 1. The second kappa shape index (κ2) is 10.8. The molecular formula is C24H15BrF3N3O4. The summed E-state index contributed by atoms with van der Waals surface area (Å²) in [4.78, 5) is 22.4. The number of nitrogens with zero attached hydrogens (tertiary/aromatic N) is 2. The van der Waals surface area contributed by atoms with Crippen LogP contribution in [-0.4, -0.2) is 10.8 Å². The van der Waals surface area contributed by atoms with Gasteiger partial charge in [-0.3, -0.25) is 14.9 Å². The maximum Gasteiger partial charge on any atom is 0.418 e. The third-order valence-electron chi connectivity index (χ3n) is 4.64. The molecule has 7 nitrogen and oxygen atoms in total. The van der Waals surface area contributed by atoms with Crippen LogP contribution in [0.25, 0.3) is 6.08 Å². The minimum atomic E-state index is -4.97. The first kappa shape index (κ1) is 25.5. The molecule has 3 rings (SSSR count). The van der Waals surface area contributed by atoms with Crippen molar-refractivity contribution in [1.29, 1.82) is 5.26 Å². The highest BCUT2D eigenvalue weighted by molar-refractivity contribution is 9.10. The average Bonchev–Trinajstić information content (AvgIpc) is 2.82. The van der Waals surface area contributed by atoms with E-state index < -0.39 is 39.5 Å². The van der Waals surface area contributed by atoms with Crippen molar-refractivity contribution in [2.75, 3.05) is 5.32 Å². The van der Waals surface area contributed by atoms with Gasteiger partial charge in [-0.2, -0.15) is 18.4 Å². The number of ether oxygens (including phenoxy) is 1. The number of non-ortho nitro benzene ring substituents is 1. The molecule has 178 valence electrons. The number of nitrogens with one attached hydrogen (secondary N) is 1. The topological polar surface area (TPSA) is 105 Å². The van der Waals surface area contributed by atoms with E-state index in [2.05, 4.69) is 15.9 Å². The highest BCUT2D eigenvalue weighted by Crippen LogP contribution is 2.37. The van der Waals surface area contributed by atoms with Crippen molar-refractivity contribution < 1.29 is 27.6 Å². The van der Waals surface area contributed by atoms with Gasteiger partial charge < -0.3 is 10.1 Å². The van der Waals surface area contributed by atoms with Crippen molar-refractivity contribution in [3.05, 3.63) is 104 Å². The van der Waals surface area contributed by atoms with Gasteiger partial charge in [0.2, 0.25) is 0 Å². The molecule has 0 heterocycles. The predicted molar refractivity (Wildman–Crippen MR) is 125 cm³/mol. The number of anilines is 1. The fourth-order valence-corrected chi connectivity index (χ4v) is 3.46. The van der Waals surface area contributed by atoms with Crippen LogP contribution in [-0.2, 0) is 17.6 Å². The van der Waals surface area contributed by atoms with E-state index in [1.54, 1.807) is 24.3 Å². The minimum absolute atomic E-state index is 0.316. The molecule has 0 radical (unpaired) electrons. The van der Waals surface area contributed by atoms with Crippen LogP contribution in [0.4, 0.5) is 24.5 Å². The number of nitro benzene ring substituents is 1. The third-order valence-corrected chi connectivity index (χ3v) is 5.26. The Labute approximate surface area is 205 Å². The van der Waals surface area contributed by atoms with Crippen molar-refractivity contribution in [2.45, 2.75) is 12.8 Å². The first-order valence-corrected chi connectivity index (χ1v) is 10.6. The van der Waals surface area contributed by atoms with Gasteiger partial charge in [-0.15, -0.1) is 0 Å². The summed E-state index contributed by atoms with van der Waals surface area (Å²) in [6.07, 6.45) is -3.77. The lowest BCUT2D eigenvalue weighted by atomic mass is 10.1. The molecule has 0 aliphatic rings. The third kappa shape index (κ3) is 6.68. The Bertz CT molecular complexity index is 1340. The lowest BCUT2D eigenvalue weighted by Gasteiger charge is -2.13. The maximum absolute atomic E-state index is 13.4. The zero-order valence-corrected chi connectivity index (χ0v) is 19.3. The van der Waals surface area contributed by atoms with Gasteiger partial charge in [-0.1, -0.05) is 36.4 Å². The van der Waals surface area contributed by atoms with Crippen molar-refractivity contribution >= 4 is 39.3 Å². The van der Waals surface area contributed by atoms with Gasteiger partial charge in [0.25, 0.3) is 11.6 Å². The predicted octanol–water partition coefficient (Wildman–Crippen LogP) is 6.50. The Morgan fingerprint density at radius 1 is 1.14 bits per heavy atom. The normalized spacial score (nSPS) is 11.5. The number of nitro groups is 1. The van der Waals surface area contributed by atoms with Crippen molar-refractivity contribution in [1.82, 2.24) is 0 Å². The van der Waals surface area contributed by atoms with Crippen LogP contribution in [0.1, 0.15) is 16.7 Å². The Morgan fingerprint density at radius 2 is 1.86 bits per heavy atom. The van der Waals surface area contributed by atoms with Crippen molar-refractivity contribution in [2.24, 2.45) is 0 Å².